The van der Waals surface area contributed by atoms with Crippen molar-refractivity contribution in [2.75, 3.05) is 31.2 Å². The zero-order valence-electron chi connectivity index (χ0n) is 12.7. The number of aromatic nitrogens is 1. The first-order chi connectivity index (χ1) is 10.8. The van der Waals surface area contributed by atoms with Crippen LogP contribution in [0.1, 0.15) is 19.8 Å². The summed E-state index contributed by atoms with van der Waals surface area (Å²) in [7, 11) is 0. The van der Waals surface area contributed by atoms with Crippen molar-refractivity contribution in [2.24, 2.45) is 0 Å². The Morgan fingerprint density at radius 1 is 1.50 bits per heavy atom. The van der Waals surface area contributed by atoms with E-state index in [9.17, 15) is 4.79 Å². The van der Waals surface area contributed by atoms with Gasteiger partial charge in [-0.15, -0.1) is 0 Å². The summed E-state index contributed by atoms with van der Waals surface area (Å²) in [4.78, 5) is 18.3. The van der Waals surface area contributed by atoms with Crippen molar-refractivity contribution in [2.45, 2.75) is 25.8 Å². The number of hydrogen-bond acceptors (Lipinski definition) is 5. The van der Waals surface area contributed by atoms with Gasteiger partial charge in [0.1, 0.15) is 12.1 Å². The van der Waals surface area contributed by atoms with E-state index in [1.807, 2.05) is 31.2 Å². The molecular formula is C16H21N3O3. The van der Waals surface area contributed by atoms with Crippen molar-refractivity contribution >= 4 is 23.0 Å². The predicted molar refractivity (Wildman–Crippen MR) is 83.9 cm³/mol. The zero-order chi connectivity index (χ0) is 15.4. The van der Waals surface area contributed by atoms with Gasteiger partial charge in [-0.2, -0.15) is 4.98 Å². The number of carbonyl (C=O) groups is 1. The third kappa shape index (κ3) is 3.22. The van der Waals surface area contributed by atoms with Gasteiger partial charge in [-0.3, -0.25) is 4.79 Å². The van der Waals surface area contributed by atoms with Crippen LogP contribution in [-0.2, 0) is 9.53 Å². The Labute approximate surface area is 129 Å². The molecule has 22 heavy (non-hydrogen) atoms. The molecule has 1 amide bonds. The number of fused-ring (bicyclic) bond motifs is 1. The fraction of sp³-hybridized carbons (Fsp3) is 0.500. The number of carbonyl (C=O) groups excluding carboxylic acids is 1. The smallest absolute Gasteiger partial charge is 0.298 e. The Hall–Kier alpha value is -2.08. The van der Waals surface area contributed by atoms with Crippen molar-refractivity contribution < 1.29 is 13.9 Å². The van der Waals surface area contributed by atoms with Gasteiger partial charge in [0.05, 0.1) is 6.04 Å². The quantitative estimate of drug-likeness (QED) is 0.883. The van der Waals surface area contributed by atoms with Crippen molar-refractivity contribution in [1.82, 2.24) is 10.3 Å². The van der Waals surface area contributed by atoms with Gasteiger partial charge >= 0.3 is 0 Å². The minimum Gasteiger partial charge on any atom is -0.423 e. The zero-order valence-corrected chi connectivity index (χ0v) is 12.7. The third-order valence-electron chi connectivity index (χ3n) is 3.88. The molecule has 1 atom stereocenters. The first-order valence-corrected chi connectivity index (χ1v) is 7.74. The summed E-state index contributed by atoms with van der Waals surface area (Å²) < 4.78 is 10.9. The molecule has 2 heterocycles. The average molecular weight is 303 g/mol. The molecule has 1 saturated heterocycles. The lowest BCUT2D eigenvalue weighted by Crippen LogP contribution is -2.41. The maximum Gasteiger partial charge on any atom is 0.298 e. The summed E-state index contributed by atoms with van der Waals surface area (Å²) in [6.45, 7) is 4.03. The second-order valence-electron chi connectivity index (χ2n) is 5.39. The van der Waals surface area contributed by atoms with Gasteiger partial charge in [0, 0.05) is 19.7 Å². The van der Waals surface area contributed by atoms with Crippen molar-refractivity contribution in [3.63, 3.8) is 0 Å². The highest BCUT2D eigenvalue weighted by Crippen LogP contribution is 2.27. The lowest BCUT2D eigenvalue weighted by molar-refractivity contribution is -0.125. The molecular weight excluding hydrogens is 282 g/mol. The molecule has 1 N–H and O–H groups in total. The van der Waals surface area contributed by atoms with E-state index in [-0.39, 0.29) is 18.6 Å². The van der Waals surface area contributed by atoms with Crippen LogP contribution in [0.2, 0.25) is 0 Å². The van der Waals surface area contributed by atoms with E-state index in [0.717, 1.165) is 30.5 Å². The topological polar surface area (TPSA) is 67.6 Å². The Morgan fingerprint density at radius 3 is 3.18 bits per heavy atom. The average Bonchev–Trinajstić information content (AvgIpc) is 3.16. The summed E-state index contributed by atoms with van der Waals surface area (Å²) in [5.74, 6) is -0.0775. The van der Waals surface area contributed by atoms with Crippen LogP contribution in [0.4, 0.5) is 6.01 Å². The molecule has 6 nitrogen and oxygen atoms in total. The standard InChI is InChI=1S/C16H21N3O3/c1-2-21-11-15(20)17-10-12-6-5-9-19(12)16-18-13-7-3-4-8-14(13)22-16/h3-4,7-8,12H,2,5-6,9-11H2,1H3,(H,17,20). The number of nitrogens with one attached hydrogen (secondary N) is 1. The number of amides is 1. The van der Waals surface area contributed by atoms with Crippen molar-refractivity contribution in [3.8, 4) is 0 Å². The summed E-state index contributed by atoms with van der Waals surface area (Å²) in [6.07, 6.45) is 2.10. The number of oxazole rings is 1. The van der Waals surface area contributed by atoms with E-state index in [1.165, 1.54) is 0 Å². The van der Waals surface area contributed by atoms with E-state index in [2.05, 4.69) is 15.2 Å². The molecule has 1 aliphatic rings. The molecule has 1 unspecified atom stereocenters. The van der Waals surface area contributed by atoms with Gasteiger partial charge in [0.25, 0.3) is 6.01 Å². The number of hydrogen-bond donors (Lipinski definition) is 1. The van der Waals surface area contributed by atoms with Gasteiger partial charge in [0.15, 0.2) is 5.58 Å². The Morgan fingerprint density at radius 2 is 2.36 bits per heavy atom. The second kappa shape index (κ2) is 6.79. The van der Waals surface area contributed by atoms with Crippen LogP contribution < -0.4 is 10.2 Å². The van der Waals surface area contributed by atoms with Crippen LogP contribution in [0.3, 0.4) is 0 Å². The highest BCUT2D eigenvalue weighted by Gasteiger charge is 2.28. The van der Waals surface area contributed by atoms with Crippen molar-refractivity contribution in [3.05, 3.63) is 24.3 Å². The Bertz CT molecular complexity index is 607. The highest BCUT2D eigenvalue weighted by molar-refractivity contribution is 5.77. The largest absolute Gasteiger partial charge is 0.423 e. The highest BCUT2D eigenvalue weighted by atomic mass is 16.5. The summed E-state index contributed by atoms with van der Waals surface area (Å²) in [5.41, 5.74) is 1.66. The number of anilines is 1. The molecule has 0 bridgehead atoms. The van der Waals surface area contributed by atoms with Gasteiger partial charge in [-0.05, 0) is 31.9 Å². The van der Waals surface area contributed by atoms with Gasteiger partial charge in [0.2, 0.25) is 5.91 Å². The van der Waals surface area contributed by atoms with Gasteiger partial charge in [-0.1, -0.05) is 12.1 Å². The summed E-state index contributed by atoms with van der Waals surface area (Å²) in [6, 6.07) is 8.61. The van der Waals surface area contributed by atoms with E-state index >= 15 is 0 Å². The van der Waals surface area contributed by atoms with Crippen LogP contribution in [-0.4, -0.2) is 43.2 Å². The van der Waals surface area contributed by atoms with Gasteiger partial charge in [-0.25, -0.2) is 0 Å². The van der Waals surface area contributed by atoms with E-state index < -0.39 is 0 Å². The lowest BCUT2D eigenvalue weighted by Gasteiger charge is -2.22. The lowest BCUT2D eigenvalue weighted by atomic mass is 10.2. The molecule has 1 fully saturated rings. The number of benzene rings is 1. The maximum absolute atomic E-state index is 11.6. The minimum atomic E-state index is -0.0775. The van der Waals surface area contributed by atoms with Crippen LogP contribution in [0.5, 0.6) is 0 Å². The van der Waals surface area contributed by atoms with Crippen LogP contribution in [0, 0.1) is 0 Å². The molecule has 118 valence electrons. The Balaban J connectivity index is 1.64. The molecule has 1 aliphatic heterocycles. The Kier molecular flexibility index (Phi) is 4.58. The molecule has 1 aromatic carbocycles. The van der Waals surface area contributed by atoms with Gasteiger partial charge < -0.3 is 19.4 Å². The van der Waals surface area contributed by atoms with Crippen LogP contribution in [0.25, 0.3) is 11.1 Å². The maximum atomic E-state index is 11.6. The first-order valence-electron chi connectivity index (χ1n) is 7.74. The molecule has 1 aromatic heterocycles. The molecule has 6 heteroatoms. The molecule has 2 aromatic rings. The number of rotatable bonds is 6. The SMILES string of the molecule is CCOCC(=O)NCC1CCCN1c1nc2ccccc2o1. The van der Waals surface area contributed by atoms with Crippen LogP contribution >= 0.6 is 0 Å². The normalized spacial score (nSPS) is 18.0. The second-order valence-corrected chi connectivity index (χ2v) is 5.39. The molecule has 0 radical (unpaired) electrons. The number of ether oxygens (including phenoxy) is 1. The number of nitrogens with zero attached hydrogens (tertiary/aromatic N) is 2. The fourth-order valence-electron chi connectivity index (χ4n) is 2.76. The van der Waals surface area contributed by atoms with E-state index in [4.69, 9.17) is 9.15 Å². The predicted octanol–water partition coefficient (Wildman–Crippen LogP) is 1.95. The monoisotopic (exact) mass is 303 g/mol. The van der Waals surface area contributed by atoms with E-state index in [0.29, 0.717) is 19.2 Å². The third-order valence-corrected chi connectivity index (χ3v) is 3.88. The molecule has 0 saturated carbocycles. The summed E-state index contributed by atoms with van der Waals surface area (Å²) >= 11 is 0. The van der Waals surface area contributed by atoms with Crippen LogP contribution in [0.15, 0.2) is 28.7 Å². The molecule has 0 aliphatic carbocycles. The molecule has 0 spiro atoms. The number of para-hydroxylation sites is 2. The van der Waals surface area contributed by atoms with Crippen molar-refractivity contribution in [1.29, 1.82) is 0 Å². The van der Waals surface area contributed by atoms with E-state index in [1.54, 1.807) is 0 Å². The minimum absolute atomic E-state index is 0.0775. The first kappa shape index (κ1) is 14.8. The summed E-state index contributed by atoms with van der Waals surface area (Å²) in [5, 5.41) is 2.92. The molecule has 3 rings (SSSR count). The fourth-order valence-corrected chi connectivity index (χ4v) is 2.76.